The highest BCUT2D eigenvalue weighted by Crippen LogP contribution is 2.39. The van der Waals surface area contributed by atoms with E-state index >= 15 is 0 Å². The summed E-state index contributed by atoms with van der Waals surface area (Å²) in [6, 6.07) is 24.3. The van der Waals surface area contributed by atoms with Gasteiger partial charge in [-0.1, -0.05) is 89.9 Å². The van der Waals surface area contributed by atoms with Gasteiger partial charge in [-0.2, -0.15) is 0 Å². The molecule has 1 aromatic heterocycles. The van der Waals surface area contributed by atoms with Crippen molar-refractivity contribution < 1.29 is 24.2 Å². The van der Waals surface area contributed by atoms with E-state index in [1.165, 1.54) is 4.90 Å². The first-order chi connectivity index (χ1) is 19.6. The van der Waals surface area contributed by atoms with Crippen molar-refractivity contribution in [3.8, 4) is 6.01 Å². The van der Waals surface area contributed by atoms with E-state index in [-0.39, 0.29) is 12.6 Å². The molecular formula is C31H29Cl2N3O5. The first kappa shape index (κ1) is 30.0. The van der Waals surface area contributed by atoms with Crippen LogP contribution in [0.1, 0.15) is 28.1 Å². The number of carbonyl (C=O) groups is 2. The molecule has 41 heavy (non-hydrogen) atoms. The molecule has 0 aliphatic heterocycles. The Kier molecular flexibility index (Phi) is 9.60. The zero-order valence-corrected chi connectivity index (χ0v) is 24.3. The molecule has 0 saturated heterocycles. The highest BCUT2D eigenvalue weighted by Gasteiger charge is 2.50. The SMILES string of the molecule is Cc1cc(C)nc(O[C@H](C(=O)O)C(OCC(=O)N(C)Cc2c(Cl)cccc2Cl)(c2ccccc2)c2ccccc2)n1. The number of aromatic nitrogens is 2. The molecule has 4 rings (SSSR count). The molecule has 1 atom stereocenters. The molecule has 0 fully saturated rings. The molecule has 212 valence electrons. The fourth-order valence-corrected chi connectivity index (χ4v) is 5.05. The maximum atomic E-state index is 13.4. The first-order valence-electron chi connectivity index (χ1n) is 12.8. The van der Waals surface area contributed by atoms with Gasteiger partial charge in [0.2, 0.25) is 12.0 Å². The summed E-state index contributed by atoms with van der Waals surface area (Å²) in [4.78, 5) is 36.4. The molecule has 1 N–H and O–H groups in total. The van der Waals surface area contributed by atoms with E-state index in [4.69, 9.17) is 32.7 Å². The molecule has 0 unspecified atom stereocenters. The minimum Gasteiger partial charge on any atom is -0.478 e. The van der Waals surface area contributed by atoms with Crippen molar-refractivity contribution in [1.82, 2.24) is 14.9 Å². The van der Waals surface area contributed by atoms with Gasteiger partial charge in [0.1, 0.15) is 6.61 Å². The number of likely N-dealkylation sites (N-methyl/N-ethyl adjacent to an activating group) is 1. The minimum absolute atomic E-state index is 0.119. The third-order valence-corrected chi connectivity index (χ3v) is 7.20. The summed E-state index contributed by atoms with van der Waals surface area (Å²) in [7, 11) is 1.59. The molecule has 3 aromatic carbocycles. The topological polar surface area (TPSA) is 102 Å². The van der Waals surface area contributed by atoms with Crippen LogP contribution in [0.3, 0.4) is 0 Å². The predicted molar refractivity (Wildman–Crippen MR) is 156 cm³/mol. The number of aliphatic carboxylic acids is 1. The van der Waals surface area contributed by atoms with Gasteiger partial charge in [-0.25, -0.2) is 14.8 Å². The van der Waals surface area contributed by atoms with Crippen molar-refractivity contribution in [3.05, 3.63) is 123 Å². The van der Waals surface area contributed by atoms with Crippen LogP contribution in [0.5, 0.6) is 6.01 Å². The molecular weight excluding hydrogens is 565 g/mol. The normalized spacial score (nSPS) is 12.0. The second kappa shape index (κ2) is 13.1. The zero-order chi connectivity index (χ0) is 29.6. The summed E-state index contributed by atoms with van der Waals surface area (Å²) in [5, 5.41) is 11.4. The molecule has 0 bridgehead atoms. The van der Waals surface area contributed by atoms with Gasteiger partial charge in [0, 0.05) is 40.6 Å². The van der Waals surface area contributed by atoms with Gasteiger partial charge in [-0.15, -0.1) is 0 Å². The van der Waals surface area contributed by atoms with Crippen LogP contribution in [-0.4, -0.2) is 51.6 Å². The number of ether oxygens (including phenoxy) is 2. The summed E-state index contributed by atoms with van der Waals surface area (Å²) in [6.07, 6.45) is -1.68. The lowest BCUT2D eigenvalue weighted by Gasteiger charge is -2.39. The Morgan fingerprint density at radius 3 is 1.88 bits per heavy atom. The molecule has 1 heterocycles. The molecule has 0 spiro atoms. The van der Waals surface area contributed by atoms with Crippen molar-refractivity contribution in [2.45, 2.75) is 32.1 Å². The number of carbonyl (C=O) groups excluding carboxylic acids is 1. The summed E-state index contributed by atoms with van der Waals surface area (Å²) >= 11 is 12.6. The standard InChI is InChI=1S/C31H29Cl2N3O5/c1-20-17-21(2)35-30(34-20)41-28(29(38)39)31(22-11-6-4-7-12-22,23-13-8-5-9-14-23)40-19-27(37)36(3)18-24-25(32)15-10-16-26(24)33/h4-17,28H,18-19H2,1-3H3,(H,38,39)/t28-/m1/s1. The van der Waals surface area contributed by atoms with Crippen LogP contribution in [0.2, 0.25) is 10.0 Å². The number of hydrogen-bond acceptors (Lipinski definition) is 6. The van der Waals surface area contributed by atoms with Gasteiger partial charge in [0.25, 0.3) is 0 Å². The number of amides is 1. The number of carboxylic acid groups (broad SMARTS) is 1. The van der Waals surface area contributed by atoms with Gasteiger partial charge in [0.15, 0.2) is 5.60 Å². The quantitative estimate of drug-likeness (QED) is 0.232. The lowest BCUT2D eigenvalue weighted by Crippen LogP contribution is -2.52. The number of rotatable bonds is 11. The van der Waals surface area contributed by atoms with Crippen molar-refractivity contribution in [2.24, 2.45) is 0 Å². The molecule has 0 aliphatic carbocycles. The fraction of sp³-hybridized carbons (Fsp3) is 0.226. The third-order valence-electron chi connectivity index (χ3n) is 6.49. The van der Waals surface area contributed by atoms with E-state index in [9.17, 15) is 14.7 Å². The molecule has 8 nitrogen and oxygen atoms in total. The van der Waals surface area contributed by atoms with E-state index in [2.05, 4.69) is 9.97 Å². The van der Waals surface area contributed by atoms with E-state index in [0.717, 1.165) is 0 Å². The van der Waals surface area contributed by atoms with Crippen LogP contribution in [0.15, 0.2) is 84.9 Å². The van der Waals surface area contributed by atoms with E-state index in [1.807, 2.05) is 0 Å². The van der Waals surface area contributed by atoms with Crippen LogP contribution in [0.4, 0.5) is 0 Å². The number of halogens is 2. The predicted octanol–water partition coefficient (Wildman–Crippen LogP) is 5.85. The molecule has 4 aromatic rings. The van der Waals surface area contributed by atoms with Gasteiger partial charge in [0.05, 0.1) is 0 Å². The number of aryl methyl sites for hydroxylation is 2. The minimum atomic E-state index is -1.77. The van der Waals surface area contributed by atoms with Crippen molar-refractivity contribution in [2.75, 3.05) is 13.7 Å². The first-order valence-corrected chi connectivity index (χ1v) is 13.5. The lowest BCUT2D eigenvalue weighted by molar-refractivity contribution is -0.169. The van der Waals surface area contributed by atoms with Gasteiger partial charge in [-0.3, -0.25) is 4.79 Å². The van der Waals surface area contributed by atoms with Crippen molar-refractivity contribution in [3.63, 3.8) is 0 Å². The highest BCUT2D eigenvalue weighted by molar-refractivity contribution is 6.36. The third kappa shape index (κ3) is 6.85. The Labute approximate surface area is 248 Å². The van der Waals surface area contributed by atoms with Crippen LogP contribution in [0, 0.1) is 13.8 Å². The van der Waals surface area contributed by atoms with Crippen LogP contribution in [0.25, 0.3) is 0 Å². The smallest absolute Gasteiger partial charge is 0.348 e. The average molecular weight is 594 g/mol. The fourth-order valence-electron chi connectivity index (χ4n) is 4.54. The average Bonchev–Trinajstić information content (AvgIpc) is 2.95. The van der Waals surface area contributed by atoms with Gasteiger partial charge in [-0.05, 0) is 43.2 Å². The number of hydrogen-bond donors (Lipinski definition) is 1. The molecule has 10 heteroatoms. The van der Waals surface area contributed by atoms with Crippen molar-refractivity contribution in [1.29, 1.82) is 0 Å². The number of nitrogens with zero attached hydrogens (tertiary/aromatic N) is 3. The summed E-state index contributed by atoms with van der Waals surface area (Å²) in [5.74, 6) is -1.76. The maximum Gasteiger partial charge on any atom is 0.348 e. The molecule has 0 radical (unpaired) electrons. The second-order valence-corrected chi connectivity index (χ2v) is 10.3. The van der Waals surface area contributed by atoms with Crippen molar-refractivity contribution >= 4 is 35.1 Å². The Hall–Kier alpha value is -3.98. The van der Waals surface area contributed by atoms with E-state index in [0.29, 0.717) is 38.1 Å². The van der Waals surface area contributed by atoms with Crippen LogP contribution in [-0.2, 0) is 26.5 Å². The van der Waals surface area contributed by atoms with Crippen LogP contribution >= 0.6 is 23.2 Å². The Morgan fingerprint density at radius 1 is 0.878 bits per heavy atom. The molecule has 1 amide bonds. The van der Waals surface area contributed by atoms with Gasteiger partial charge < -0.3 is 19.5 Å². The Bertz CT molecular complexity index is 1440. The second-order valence-electron chi connectivity index (χ2n) is 9.48. The maximum absolute atomic E-state index is 13.4. The lowest BCUT2D eigenvalue weighted by atomic mass is 9.81. The van der Waals surface area contributed by atoms with Gasteiger partial charge >= 0.3 is 12.0 Å². The summed E-state index contributed by atoms with van der Waals surface area (Å²) < 4.78 is 12.4. The monoisotopic (exact) mass is 593 g/mol. The highest BCUT2D eigenvalue weighted by atomic mass is 35.5. The Morgan fingerprint density at radius 2 is 1.39 bits per heavy atom. The van der Waals surface area contributed by atoms with Crippen LogP contribution < -0.4 is 4.74 Å². The summed E-state index contributed by atoms with van der Waals surface area (Å²) in [5.41, 5.74) is 0.964. The summed E-state index contributed by atoms with van der Waals surface area (Å²) in [6.45, 7) is 3.16. The zero-order valence-electron chi connectivity index (χ0n) is 22.8. The molecule has 0 saturated carbocycles. The molecule has 0 aliphatic rings. The number of carboxylic acids is 1. The largest absolute Gasteiger partial charge is 0.478 e. The van der Waals surface area contributed by atoms with E-state index < -0.39 is 30.2 Å². The number of benzene rings is 3. The van der Waals surface area contributed by atoms with E-state index in [1.54, 1.807) is 106 Å². The Balaban J connectivity index is 1.77.